The number of furan rings is 1. The first-order valence-electron chi connectivity index (χ1n) is 9.74. The van der Waals surface area contributed by atoms with Gasteiger partial charge in [-0.05, 0) is 43.1 Å². The van der Waals surface area contributed by atoms with E-state index in [0.717, 1.165) is 43.7 Å². The van der Waals surface area contributed by atoms with Crippen molar-refractivity contribution in [1.29, 1.82) is 0 Å². The fourth-order valence-electron chi connectivity index (χ4n) is 3.72. The van der Waals surface area contributed by atoms with Crippen LogP contribution in [0, 0.1) is 0 Å². The Hall–Kier alpha value is -3.39. The molecule has 0 unspecified atom stereocenters. The van der Waals surface area contributed by atoms with E-state index in [0.29, 0.717) is 17.6 Å². The Bertz CT molecular complexity index is 1040. The molecule has 0 amide bonds. The summed E-state index contributed by atoms with van der Waals surface area (Å²) in [6.45, 7) is 2.95. The van der Waals surface area contributed by atoms with Crippen molar-refractivity contribution in [3.8, 4) is 22.8 Å². The van der Waals surface area contributed by atoms with E-state index >= 15 is 0 Å². The van der Waals surface area contributed by atoms with E-state index in [9.17, 15) is 0 Å². The normalized spacial score (nSPS) is 17.4. The summed E-state index contributed by atoms with van der Waals surface area (Å²) in [4.78, 5) is 15.4. The summed E-state index contributed by atoms with van der Waals surface area (Å²) in [6.07, 6.45) is 13.1. The molecular weight excluding hydrogens is 366 g/mol. The van der Waals surface area contributed by atoms with Crippen LogP contribution >= 0.6 is 0 Å². The maximum Gasteiger partial charge on any atom is 0.195 e. The monoisotopic (exact) mass is 387 g/mol. The minimum Gasteiger partial charge on any atom is -0.461 e. The lowest BCUT2D eigenvalue weighted by Gasteiger charge is -2.32. The Balaban J connectivity index is 1.28. The minimum absolute atomic E-state index is 0.310. The van der Waals surface area contributed by atoms with Gasteiger partial charge in [-0.3, -0.25) is 9.88 Å². The van der Waals surface area contributed by atoms with E-state index in [4.69, 9.17) is 4.42 Å². The van der Waals surface area contributed by atoms with Gasteiger partial charge in [-0.15, -0.1) is 5.10 Å². The standard InChI is InChI=1S/C21H21N7O/c1-4-16(10-22-7-1)13-27-8-2-5-18(14-27)28-15-19(25-26-28)17-11-23-21(24-12-17)20-6-3-9-29-20/h1,3-4,6-7,9-12,15,18H,2,5,8,13-14H2/t18-/m1/s1. The Morgan fingerprint density at radius 3 is 2.83 bits per heavy atom. The van der Waals surface area contributed by atoms with Gasteiger partial charge < -0.3 is 4.42 Å². The third-order valence-corrected chi connectivity index (χ3v) is 5.18. The van der Waals surface area contributed by atoms with Crippen LogP contribution in [0.25, 0.3) is 22.8 Å². The summed E-state index contributed by atoms with van der Waals surface area (Å²) in [6, 6.07) is 8.08. The van der Waals surface area contributed by atoms with Gasteiger partial charge in [0.1, 0.15) is 5.69 Å². The summed E-state index contributed by atoms with van der Waals surface area (Å²) in [5, 5.41) is 8.73. The second-order valence-electron chi connectivity index (χ2n) is 7.25. The molecule has 0 spiro atoms. The topological polar surface area (TPSA) is 85.8 Å². The van der Waals surface area contributed by atoms with E-state index < -0.39 is 0 Å². The first-order valence-corrected chi connectivity index (χ1v) is 9.74. The van der Waals surface area contributed by atoms with Crippen LogP contribution < -0.4 is 0 Å². The van der Waals surface area contributed by atoms with Crippen LogP contribution in [0.5, 0.6) is 0 Å². The third-order valence-electron chi connectivity index (χ3n) is 5.18. The number of hydrogen-bond donors (Lipinski definition) is 0. The maximum atomic E-state index is 5.34. The van der Waals surface area contributed by atoms with Gasteiger partial charge in [0.05, 0.1) is 18.5 Å². The molecule has 0 N–H and O–H groups in total. The van der Waals surface area contributed by atoms with Crippen LogP contribution in [0.1, 0.15) is 24.4 Å². The molecule has 0 aliphatic carbocycles. The van der Waals surface area contributed by atoms with Crippen molar-refractivity contribution in [3.63, 3.8) is 0 Å². The molecule has 0 radical (unpaired) electrons. The molecule has 1 saturated heterocycles. The summed E-state index contributed by atoms with van der Waals surface area (Å²) < 4.78 is 7.31. The first-order chi connectivity index (χ1) is 14.3. The van der Waals surface area contributed by atoms with Crippen LogP contribution in [0.2, 0.25) is 0 Å². The molecule has 1 aliphatic rings. The maximum absolute atomic E-state index is 5.34. The summed E-state index contributed by atoms with van der Waals surface area (Å²) in [7, 11) is 0. The lowest BCUT2D eigenvalue weighted by molar-refractivity contribution is 0.161. The van der Waals surface area contributed by atoms with Crippen molar-refractivity contribution in [1.82, 2.24) is 34.8 Å². The van der Waals surface area contributed by atoms with Crippen LogP contribution in [-0.2, 0) is 6.54 Å². The van der Waals surface area contributed by atoms with Crippen LogP contribution in [0.15, 0.2) is 65.9 Å². The highest BCUT2D eigenvalue weighted by Crippen LogP contribution is 2.24. The molecule has 29 heavy (non-hydrogen) atoms. The zero-order chi connectivity index (χ0) is 19.5. The number of aromatic nitrogens is 6. The van der Waals surface area contributed by atoms with E-state index in [1.807, 2.05) is 41.5 Å². The second-order valence-corrected chi connectivity index (χ2v) is 7.25. The van der Waals surface area contributed by atoms with Crippen molar-refractivity contribution in [2.45, 2.75) is 25.4 Å². The quantitative estimate of drug-likeness (QED) is 0.520. The summed E-state index contributed by atoms with van der Waals surface area (Å²) >= 11 is 0. The minimum atomic E-state index is 0.310. The highest BCUT2D eigenvalue weighted by Gasteiger charge is 2.23. The van der Waals surface area contributed by atoms with Gasteiger partial charge in [0.25, 0.3) is 0 Å². The summed E-state index contributed by atoms with van der Waals surface area (Å²) in [5.41, 5.74) is 2.86. The van der Waals surface area contributed by atoms with Gasteiger partial charge in [0, 0.05) is 43.4 Å². The summed E-state index contributed by atoms with van der Waals surface area (Å²) in [5.74, 6) is 1.21. The van der Waals surface area contributed by atoms with Crippen molar-refractivity contribution in [3.05, 3.63) is 67.1 Å². The number of likely N-dealkylation sites (tertiary alicyclic amines) is 1. The molecule has 0 bridgehead atoms. The number of nitrogens with zero attached hydrogens (tertiary/aromatic N) is 7. The molecule has 4 aromatic heterocycles. The molecule has 0 saturated carbocycles. The van der Waals surface area contributed by atoms with Gasteiger partial charge in [0.2, 0.25) is 0 Å². The van der Waals surface area contributed by atoms with Gasteiger partial charge in [-0.25, -0.2) is 14.6 Å². The molecule has 8 nitrogen and oxygen atoms in total. The Labute approximate surface area is 168 Å². The fourth-order valence-corrected chi connectivity index (χ4v) is 3.72. The average molecular weight is 387 g/mol. The Morgan fingerprint density at radius 2 is 2.03 bits per heavy atom. The van der Waals surface area contributed by atoms with Crippen LogP contribution in [-0.4, -0.2) is 47.9 Å². The van der Waals surface area contributed by atoms with E-state index in [2.05, 4.69) is 36.2 Å². The molecular formula is C21H21N7O. The van der Waals surface area contributed by atoms with Crippen molar-refractivity contribution in [2.24, 2.45) is 0 Å². The second kappa shape index (κ2) is 7.92. The van der Waals surface area contributed by atoms with Crippen LogP contribution in [0.4, 0.5) is 0 Å². The zero-order valence-corrected chi connectivity index (χ0v) is 15.9. The highest BCUT2D eigenvalue weighted by molar-refractivity contribution is 5.57. The largest absolute Gasteiger partial charge is 0.461 e. The van der Waals surface area contributed by atoms with Gasteiger partial charge >= 0.3 is 0 Å². The lowest BCUT2D eigenvalue weighted by atomic mass is 10.1. The number of hydrogen-bond acceptors (Lipinski definition) is 7. The molecule has 4 aromatic rings. The van der Waals surface area contributed by atoms with E-state index in [1.165, 1.54) is 5.56 Å². The van der Waals surface area contributed by atoms with Crippen LogP contribution in [0.3, 0.4) is 0 Å². The first kappa shape index (κ1) is 17.7. The molecule has 0 aromatic carbocycles. The Kier molecular flexibility index (Phi) is 4.83. The molecule has 5 rings (SSSR count). The SMILES string of the molecule is c1cncc(CN2CCC[C@@H](n3cc(-c4cnc(-c5ccco5)nc4)nn3)C2)c1. The molecule has 5 heterocycles. The van der Waals surface area contributed by atoms with Crippen molar-refractivity contribution >= 4 is 0 Å². The highest BCUT2D eigenvalue weighted by atomic mass is 16.3. The zero-order valence-electron chi connectivity index (χ0n) is 15.9. The molecule has 1 aliphatic heterocycles. The van der Waals surface area contributed by atoms with Gasteiger partial charge in [0.15, 0.2) is 11.6 Å². The van der Waals surface area contributed by atoms with Gasteiger partial charge in [-0.2, -0.15) is 0 Å². The predicted octanol–water partition coefficient (Wildman–Crippen LogP) is 3.23. The number of pyridine rings is 1. The van der Waals surface area contributed by atoms with Gasteiger partial charge in [-0.1, -0.05) is 11.3 Å². The lowest BCUT2D eigenvalue weighted by Crippen LogP contribution is -2.36. The van der Waals surface area contributed by atoms with Crippen molar-refractivity contribution < 1.29 is 4.42 Å². The van der Waals surface area contributed by atoms with Crippen molar-refractivity contribution in [2.75, 3.05) is 13.1 Å². The molecule has 146 valence electrons. The smallest absolute Gasteiger partial charge is 0.195 e. The van der Waals surface area contributed by atoms with E-state index in [-0.39, 0.29) is 0 Å². The van der Waals surface area contributed by atoms with E-state index in [1.54, 1.807) is 18.7 Å². The Morgan fingerprint density at radius 1 is 1.10 bits per heavy atom. The molecule has 8 heteroatoms. The molecule has 1 fully saturated rings. The fraction of sp³-hybridized carbons (Fsp3) is 0.286. The average Bonchev–Trinajstić information content (AvgIpc) is 3.48. The number of rotatable bonds is 5. The predicted molar refractivity (Wildman–Crippen MR) is 107 cm³/mol. The molecule has 1 atom stereocenters. The third kappa shape index (κ3) is 3.93. The number of piperidine rings is 1.